The summed E-state index contributed by atoms with van der Waals surface area (Å²) in [5, 5.41) is 0. The van der Waals surface area contributed by atoms with Crippen LogP contribution in [-0.2, 0) is 4.79 Å². The lowest BCUT2D eigenvalue weighted by Gasteiger charge is -2.36. The van der Waals surface area contributed by atoms with Gasteiger partial charge in [0.15, 0.2) is 0 Å². The first-order chi connectivity index (χ1) is 6.47. The molecule has 1 nitrogen and oxygen atoms in total. The van der Waals surface area contributed by atoms with E-state index in [1.165, 1.54) is 5.57 Å². The molecule has 14 heavy (non-hydrogen) atoms. The Bertz CT molecular complexity index is 271. The van der Waals surface area contributed by atoms with Gasteiger partial charge in [-0.15, -0.1) is 6.58 Å². The number of carbonyl (C=O) groups is 1. The second kappa shape index (κ2) is 4.12. The molecule has 1 unspecified atom stereocenters. The molecule has 0 bridgehead atoms. The summed E-state index contributed by atoms with van der Waals surface area (Å²) < 4.78 is 0. The smallest absolute Gasteiger partial charge is 0.134 e. The van der Waals surface area contributed by atoms with Crippen molar-refractivity contribution in [2.45, 2.75) is 40.0 Å². The molecular formula is C13H20O. The first-order valence-corrected chi connectivity index (χ1v) is 5.30. The zero-order chi connectivity index (χ0) is 10.8. The molecule has 0 radical (unpaired) electrons. The Morgan fingerprint density at radius 3 is 2.71 bits per heavy atom. The third-order valence-corrected chi connectivity index (χ3v) is 2.99. The van der Waals surface area contributed by atoms with Crippen molar-refractivity contribution >= 4 is 5.78 Å². The Hall–Kier alpha value is -0.850. The van der Waals surface area contributed by atoms with Crippen molar-refractivity contribution in [1.29, 1.82) is 0 Å². The van der Waals surface area contributed by atoms with Crippen LogP contribution in [0, 0.1) is 11.3 Å². The standard InChI is InChI=1S/C13H20O/c1-5-6-7-12-10(2)8-11(14)9-13(12,3)4/h5,7,10H,1,6,8-9H2,2-4H3/b12-7-. The lowest BCUT2D eigenvalue weighted by Crippen LogP contribution is -2.30. The Kier molecular flexibility index (Phi) is 3.30. The molecule has 78 valence electrons. The fourth-order valence-electron chi connectivity index (χ4n) is 2.47. The SMILES string of the molecule is C=CC/C=C1/C(C)CC(=O)CC1(C)C. The number of ketones is 1. The average molecular weight is 192 g/mol. The minimum absolute atomic E-state index is 0.0533. The Balaban J connectivity index is 2.90. The number of allylic oxidation sites excluding steroid dienone is 3. The number of hydrogen-bond donors (Lipinski definition) is 0. The van der Waals surface area contributed by atoms with Gasteiger partial charge in [-0.1, -0.05) is 38.5 Å². The normalized spacial score (nSPS) is 29.2. The molecule has 0 saturated heterocycles. The first-order valence-electron chi connectivity index (χ1n) is 5.30. The minimum Gasteiger partial charge on any atom is -0.300 e. The average Bonchev–Trinajstić information content (AvgIpc) is 2.00. The van der Waals surface area contributed by atoms with Gasteiger partial charge in [0.05, 0.1) is 0 Å². The van der Waals surface area contributed by atoms with Crippen LogP contribution in [-0.4, -0.2) is 5.78 Å². The second-order valence-electron chi connectivity index (χ2n) is 4.89. The maximum atomic E-state index is 11.5. The zero-order valence-corrected chi connectivity index (χ0v) is 9.47. The van der Waals surface area contributed by atoms with Crippen LogP contribution in [0.15, 0.2) is 24.3 Å². The van der Waals surface area contributed by atoms with E-state index in [2.05, 4.69) is 33.4 Å². The molecule has 0 amide bonds. The van der Waals surface area contributed by atoms with Crippen molar-refractivity contribution in [2.24, 2.45) is 11.3 Å². The van der Waals surface area contributed by atoms with Crippen LogP contribution in [0.4, 0.5) is 0 Å². The van der Waals surface area contributed by atoms with Crippen molar-refractivity contribution in [1.82, 2.24) is 0 Å². The summed E-state index contributed by atoms with van der Waals surface area (Å²) in [6.45, 7) is 10.2. The van der Waals surface area contributed by atoms with Gasteiger partial charge in [0.2, 0.25) is 0 Å². The fourth-order valence-corrected chi connectivity index (χ4v) is 2.47. The van der Waals surface area contributed by atoms with Gasteiger partial charge in [-0.25, -0.2) is 0 Å². The van der Waals surface area contributed by atoms with Crippen molar-refractivity contribution in [2.75, 3.05) is 0 Å². The number of rotatable bonds is 2. The maximum Gasteiger partial charge on any atom is 0.134 e. The lowest BCUT2D eigenvalue weighted by molar-refractivity contribution is -0.122. The summed E-state index contributed by atoms with van der Waals surface area (Å²) in [5.74, 6) is 0.810. The van der Waals surface area contributed by atoms with E-state index in [-0.39, 0.29) is 5.41 Å². The molecule has 0 aromatic carbocycles. The predicted octanol–water partition coefficient (Wildman–Crippen LogP) is 3.51. The van der Waals surface area contributed by atoms with E-state index < -0.39 is 0 Å². The summed E-state index contributed by atoms with van der Waals surface area (Å²) in [7, 11) is 0. The van der Waals surface area contributed by atoms with Crippen molar-refractivity contribution in [3.63, 3.8) is 0 Å². The van der Waals surface area contributed by atoms with E-state index >= 15 is 0 Å². The highest BCUT2D eigenvalue weighted by atomic mass is 16.1. The van der Waals surface area contributed by atoms with Gasteiger partial charge in [-0.2, -0.15) is 0 Å². The summed E-state index contributed by atoms with van der Waals surface area (Å²) in [6.07, 6.45) is 6.47. The molecule has 1 atom stereocenters. The largest absolute Gasteiger partial charge is 0.300 e. The van der Waals surface area contributed by atoms with E-state index in [0.717, 1.165) is 6.42 Å². The number of hydrogen-bond acceptors (Lipinski definition) is 1. The molecule has 0 N–H and O–H groups in total. The van der Waals surface area contributed by atoms with E-state index in [4.69, 9.17) is 0 Å². The first kappa shape index (κ1) is 11.2. The van der Waals surface area contributed by atoms with E-state index in [1.807, 2.05) is 6.08 Å². The third kappa shape index (κ3) is 2.34. The summed E-state index contributed by atoms with van der Waals surface area (Å²) >= 11 is 0. The molecule has 1 rings (SSSR count). The third-order valence-electron chi connectivity index (χ3n) is 2.99. The Morgan fingerprint density at radius 2 is 2.21 bits per heavy atom. The maximum absolute atomic E-state index is 11.5. The highest BCUT2D eigenvalue weighted by Gasteiger charge is 2.34. The molecule has 1 aliphatic rings. The van der Waals surface area contributed by atoms with Gasteiger partial charge in [0.25, 0.3) is 0 Å². The molecule has 0 aromatic heterocycles. The molecule has 0 aromatic rings. The van der Waals surface area contributed by atoms with Gasteiger partial charge in [-0.05, 0) is 17.8 Å². The topological polar surface area (TPSA) is 17.1 Å². The van der Waals surface area contributed by atoms with Gasteiger partial charge in [-0.3, -0.25) is 4.79 Å². The molecule has 0 spiro atoms. The molecule has 0 heterocycles. The fraction of sp³-hybridized carbons (Fsp3) is 0.615. The van der Waals surface area contributed by atoms with Crippen LogP contribution in [0.25, 0.3) is 0 Å². The zero-order valence-electron chi connectivity index (χ0n) is 9.47. The monoisotopic (exact) mass is 192 g/mol. The lowest BCUT2D eigenvalue weighted by atomic mass is 9.68. The van der Waals surface area contributed by atoms with Crippen molar-refractivity contribution in [3.8, 4) is 0 Å². The van der Waals surface area contributed by atoms with Gasteiger partial charge in [0.1, 0.15) is 5.78 Å². The number of Topliss-reactive ketones (excluding diaryl/α,β-unsaturated/α-hetero) is 1. The van der Waals surface area contributed by atoms with Crippen molar-refractivity contribution < 1.29 is 4.79 Å². The molecule has 1 fully saturated rings. The van der Waals surface area contributed by atoms with Gasteiger partial charge >= 0.3 is 0 Å². The Morgan fingerprint density at radius 1 is 1.57 bits per heavy atom. The minimum atomic E-state index is 0.0533. The van der Waals surface area contributed by atoms with E-state index in [9.17, 15) is 4.79 Å². The van der Waals surface area contributed by atoms with Crippen LogP contribution < -0.4 is 0 Å². The highest BCUT2D eigenvalue weighted by Crippen LogP contribution is 2.41. The molecular weight excluding hydrogens is 172 g/mol. The predicted molar refractivity (Wildman–Crippen MR) is 60.1 cm³/mol. The van der Waals surface area contributed by atoms with E-state index in [1.54, 1.807) is 0 Å². The second-order valence-corrected chi connectivity index (χ2v) is 4.89. The highest BCUT2D eigenvalue weighted by molar-refractivity contribution is 5.81. The van der Waals surface area contributed by atoms with Crippen LogP contribution in [0.1, 0.15) is 40.0 Å². The molecule has 0 aliphatic heterocycles. The van der Waals surface area contributed by atoms with Crippen LogP contribution >= 0.6 is 0 Å². The summed E-state index contributed by atoms with van der Waals surface area (Å²) in [4.78, 5) is 11.5. The molecule has 1 heteroatoms. The van der Waals surface area contributed by atoms with E-state index in [0.29, 0.717) is 24.5 Å². The summed E-state index contributed by atoms with van der Waals surface area (Å²) in [6, 6.07) is 0. The summed E-state index contributed by atoms with van der Waals surface area (Å²) in [5.41, 5.74) is 1.48. The molecule has 1 saturated carbocycles. The van der Waals surface area contributed by atoms with Crippen molar-refractivity contribution in [3.05, 3.63) is 24.3 Å². The number of carbonyl (C=O) groups excluding carboxylic acids is 1. The van der Waals surface area contributed by atoms with Gasteiger partial charge < -0.3 is 0 Å². The molecule has 1 aliphatic carbocycles. The van der Waals surface area contributed by atoms with Crippen LogP contribution in [0.3, 0.4) is 0 Å². The van der Waals surface area contributed by atoms with Crippen LogP contribution in [0.5, 0.6) is 0 Å². The van der Waals surface area contributed by atoms with Crippen LogP contribution in [0.2, 0.25) is 0 Å². The van der Waals surface area contributed by atoms with Gasteiger partial charge in [0, 0.05) is 12.8 Å². The quantitative estimate of drug-likeness (QED) is 0.612. The Labute approximate surface area is 86.9 Å².